The summed E-state index contributed by atoms with van der Waals surface area (Å²) >= 11 is 0. The largest absolute Gasteiger partial charge is 0.472 e. The molecule has 0 radical (unpaired) electrons. The highest BCUT2D eigenvalue weighted by molar-refractivity contribution is 6.04. The Bertz CT molecular complexity index is 1220. The molecule has 1 fully saturated rings. The number of nitrogen functional groups attached to an aromatic ring is 1. The van der Waals surface area contributed by atoms with Crippen molar-refractivity contribution in [2.75, 3.05) is 42.3 Å². The van der Waals surface area contributed by atoms with Crippen LogP contribution in [0.2, 0.25) is 0 Å². The van der Waals surface area contributed by atoms with E-state index in [0.29, 0.717) is 60.2 Å². The third-order valence-corrected chi connectivity index (χ3v) is 4.94. The Balaban J connectivity index is 1.44. The summed E-state index contributed by atoms with van der Waals surface area (Å²) in [6.45, 7) is 2.63. The molecule has 1 amide bonds. The summed E-state index contributed by atoms with van der Waals surface area (Å²) in [6, 6.07) is 8.96. The summed E-state index contributed by atoms with van der Waals surface area (Å²) in [5.41, 5.74) is 9.55. The van der Waals surface area contributed by atoms with Gasteiger partial charge in [-0.3, -0.25) is 4.79 Å². The molecule has 1 aromatic carbocycles. The van der Waals surface area contributed by atoms with E-state index in [1.807, 2.05) is 24.3 Å². The number of morpholine rings is 1. The number of hydrogen-bond donors (Lipinski definition) is 2. The average molecular weight is 417 g/mol. The zero-order valence-corrected chi connectivity index (χ0v) is 16.5. The monoisotopic (exact) mass is 417 g/mol. The number of rotatable bonds is 4. The molecule has 0 aliphatic carbocycles. The molecule has 4 aromatic rings. The second-order valence-corrected chi connectivity index (χ2v) is 6.98. The molecule has 4 heterocycles. The smallest absolute Gasteiger partial charge is 0.258 e. The Kier molecular flexibility index (Phi) is 4.89. The van der Waals surface area contributed by atoms with E-state index < -0.39 is 0 Å². The van der Waals surface area contributed by atoms with Gasteiger partial charge in [0.2, 0.25) is 5.95 Å². The predicted octanol–water partition coefficient (Wildman–Crippen LogP) is 2.35. The Labute approximate surface area is 177 Å². The number of aromatic nitrogens is 4. The molecule has 3 N–H and O–H groups in total. The summed E-state index contributed by atoms with van der Waals surface area (Å²) in [6.07, 6.45) is 4.51. The van der Waals surface area contributed by atoms with Gasteiger partial charge in [0.15, 0.2) is 17.0 Å². The van der Waals surface area contributed by atoms with Crippen LogP contribution in [0.25, 0.3) is 22.4 Å². The van der Waals surface area contributed by atoms with E-state index in [-0.39, 0.29) is 11.9 Å². The van der Waals surface area contributed by atoms with E-state index in [1.54, 1.807) is 12.3 Å². The van der Waals surface area contributed by atoms with Crippen molar-refractivity contribution in [3.8, 4) is 11.3 Å². The van der Waals surface area contributed by atoms with Crippen LogP contribution in [0.5, 0.6) is 0 Å². The van der Waals surface area contributed by atoms with E-state index in [2.05, 4.69) is 25.2 Å². The van der Waals surface area contributed by atoms with Gasteiger partial charge in [-0.15, -0.1) is 0 Å². The van der Waals surface area contributed by atoms with E-state index in [4.69, 9.17) is 19.9 Å². The number of nitrogens with zero attached hydrogens (tertiary/aromatic N) is 5. The van der Waals surface area contributed by atoms with Crippen molar-refractivity contribution >= 4 is 34.5 Å². The second-order valence-electron chi connectivity index (χ2n) is 6.98. The van der Waals surface area contributed by atoms with Gasteiger partial charge in [-0.1, -0.05) is 12.1 Å². The van der Waals surface area contributed by atoms with Crippen molar-refractivity contribution in [2.45, 2.75) is 0 Å². The van der Waals surface area contributed by atoms with Crippen molar-refractivity contribution in [3.05, 3.63) is 54.6 Å². The molecule has 1 aliphatic rings. The molecule has 10 heteroatoms. The minimum Gasteiger partial charge on any atom is -0.472 e. The van der Waals surface area contributed by atoms with Crippen LogP contribution in [0.15, 0.2) is 53.5 Å². The maximum atomic E-state index is 12.2. The SMILES string of the molecule is Nc1nc(N2CCOCC2)c2nc(-c3ccc(NC(=O)c4ccoc4)cc3)cnc2n1. The second kappa shape index (κ2) is 8.00. The van der Waals surface area contributed by atoms with Crippen LogP contribution in [0.3, 0.4) is 0 Å². The minimum absolute atomic E-state index is 0.161. The summed E-state index contributed by atoms with van der Waals surface area (Å²) in [4.78, 5) is 32.1. The molecule has 3 aromatic heterocycles. The molecule has 1 saturated heterocycles. The number of nitrogens with one attached hydrogen (secondary N) is 1. The van der Waals surface area contributed by atoms with Gasteiger partial charge in [0.05, 0.1) is 36.9 Å². The van der Waals surface area contributed by atoms with Crippen LogP contribution in [0.4, 0.5) is 17.5 Å². The van der Waals surface area contributed by atoms with Gasteiger partial charge in [-0.05, 0) is 18.2 Å². The van der Waals surface area contributed by atoms with Gasteiger partial charge in [0, 0.05) is 24.3 Å². The normalized spacial score (nSPS) is 14.0. The van der Waals surface area contributed by atoms with Gasteiger partial charge in [0.1, 0.15) is 6.26 Å². The topological polar surface area (TPSA) is 132 Å². The lowest BCUT2D eigenvalue weighted by atomic mass is 10.1. The van der Waals surface area contributed by atoms with Gasteiger partial charge in [-0.2, -0.15) is 9.97 Å². The first-order valence-electron chi connectivity index (χ1n) is 9.74. The number of carbonyl (C=O) groups excluding carboxylic acids is 1. The lowest BCUT2D eigenvalue weighted by Crippen LogP contribution is -2.37. The molecule has 0 atom stereocenters. The molecular formula is C21H19N7O3. The van der Waals surface area contributed by atoms with Gasteiger partial charge in [-0.25, -0.2) is 9.97 Å². The fraction of sp³-hybridized carbons (Fsp3) is 0.190. The summed E-state index contributed by atoms with van der Waals surface area (Å²) in [5.74, 6) is 0.579. The van der Waals surface area contributed by atoms with Crippen molar-refractivity contribution in [1.29, 1.82) is 0 Å². The lowest BCUT2D eigenvalue weighted by Gasteiger charge is -2.28. The van der Waals surface area contributed by atoms with Crippen LogP contribution in [0, 0.1) is 0 Å². The molecule has 10 nitrogen and oxygen atoms in total. The van der Waals surface area contributed by atoms with E-state index in [9.17, 15) is 4.79 Å². The molecule has 1 aliphatic heterocycles. The Morgan fingerprint density at radius 2 is 1.87 bits per heavy atom. The zero-order valence-electron chi connectivity index (χ0n) is 16.5. The van der Waals surface area contributed by atoms with E-state index in [0.717, 1.165) is 5.56 Å². The number of hydrogen-bond acceptors (Lipinski definition) is 9. The first-order chi connectivity index (χ1) is 15.2. The third-order valence-electron chi connectivity index (χ3n) is 4.94. The minimum atomic E-state index is -0.239. The van der Waals surface area contributed by atoms with E-state index in [1.165, 1.54) is 12.5 Å². The molecule has 31 heavy (non-hydrogen) atoms. The predicted molar refractivity (Wildman–Crippen MR) is 115 cm³/mol. The fourth-order valence-electron chi connectivity index (χ4n) is 3.37. The van der Waals surface area contributed by atoms with Crippen LogP contribution >= 0.6 is 0 Å². The van der Waals surface area contributed by atoms with Gasteiger partial charge in [0.25, 0.3) is 5.91 Å². The van der Waals surface area contributed by atoms with Crippen molar-refractivity contribution in [2.24, 2.45) is 0 Å². The van der Waals surface area contributed by atoms with Crippen LogP contribution < -0.4 is 16.0 Å². The zero-order chi connectivity index (χ0) is 21.2. The van der Waals surface area contributed by atoms with Gasteiger partial charge >= 0.3 is 0 Å². The van der Waals surface area contributed by atoms with Crippen molar-refractivity contribution in [1.82, 2.24) is 19.9 Å². The molecule has 156 valence electrons. The fourth-order valence-corrected chi connectivity index (χ4v) is 3.37. The Hall–Kier alpha value is -4.05. The van der Waals surface area contributed by atoms with Crippen LogP contribution in [-0.4, -0.2) is 52.1 Å². The summed E-state index contributed by atoms with van der Waals surface area (Å²) in [7, 11) is 0. The molecular weight excluding hydrogens is 398 g/mol. The number of nitrogens with two attached hydrogens (primary N) is 1. The molecule has 5 rings (SSSR count). The molecule has 0 bridgehead atoms. The number of amides is 1. The molecule has 0 unspecified atom stereocenters. The molecule has 0 saturated carbocycles. The standard InChI is InChI=1S/C21H19N7O3/c22-21-26-18-17(19(27-21)28-6-9-30-10-7-28)25-16(11-23-18)13-1-3-15(4-2-13)24-20(29)14-5-8-31-12-14/h1-5,8,11-12H,6-7,9-10H2,(H,24,29)(H2,22,23,26,27). The Morgan fingerprint density at radius 1 is 1.06 bits per heavy atom. The maximum absolute atomic E-state index is 12.2. The number of fused-ring (bicyclic) bond motifs is 1. The number of ether oxygens (including phenoxy) is 1. The Morgan fingerprint density at radius 3 is 2.61 bits per heavy atom. The van der Waals surface area contributed by atoms with E-state index >= 15 is 0 Å². The quantitative estimate of drug-likeness (QED) is 0.513. The first-order valence-corrected chi connectivity index (χ1v) is 9.74. The maximum Gasteiger partial charge on any atom is 0.258 e. The van der Waals surface area contributed by atoms with Gasteiger partial charge < -0.3 is 25.1 Å². The lowest BCUT2D eigenvalue weighted by molar-refractivity contribution is 0.102. The van der Waals surface area contributed by atoms with Crippen LogP contribution in [0.1, 0.15) is 10.4 Å². The highest BCUT2D eigenvalue weighted by Gasteiger charge is 2.19. The highest BCUT2D eigenvalue weighted by Crippen LogP contribution is 2.26. The summed E-state index contributed by atoms with van der Waals surface area (Å²) in [5, 5.41) is 2.82. The summed E-state index contributed by atoms with van der Waals surface area (Å²) < 4.78 is 10.4. The number of carbonyl (C=O) groups is 1. The third kappa shape index (κ3) is 3.88. The van der Waals surface area contributed by atoms with Crippen LogP contribution in [-0.2, 0) is 4.74 Å². The number of furan rings is 1. The highest BCUT2D eigenvalue weighted by atomic mass is 16.5. The average Bonchev–Trinajstić information content (AvgIpc) is 3.35. The van der Waals surface area contributed by atoms with Crippen molar-refractivity contribution in [3.63, 3.8) is 0 Å². The molecule has 0 spiro atoms. The first kappa shape index (κ1) is 18.9. The number of benzene rings is 1. The number of anilines is 3. The van der Waals surface area contributed by atoms with Crippen molar-refractivity contribution < 1.29 is 13.9 Å².